The van der Waals surface area contributed by atoms with Gasteiger partial charge in [0.1, 0.15) is 0 Å². The van der Waals surface area contributed by atoms with E-state index >= 15 is 0 Å². The van der Waals surface area contributed by atoms with Gasteiger partial charge in [-0.15, -0.1) is 0 Å². The van der Waals surface area contributed by atoms with Gasteiger partial charge in [0.15, 0.2) is 0 Å². The van der Waals surface area contributed by atoms with E-state index in [0.29, 0.717) is 18.0 Å². The highest BCUT2D eigenvalue weighted by molar-refractivity contribution is 6.31. The van der Waals surface area contributed by atoms with Crippen molar-refractivity contribution >= 4 is 17.3 Å². The number of aliphatic hydroxyl groups is 1. The lowest BCUT2D eigenvalue weighted by atomic mass is 10.2. The largest absolute Gasteiger partial charge is 0.392 e. The molecule has 4 heteroatoms. The molecule has 0 saturated heterocycles. The third-order valence-electron chi connectivity index (χ3n) is 2.45. The van der Waals surface area contributed by atoms with Crippen LogP contribution in [0.3, 0.4) is 0 Å². The molecule has 3 nitrogen and oxygen atoms in total. The maximum Gasteiger partial charge on any atom is 0.0696 e. The molecule has 0 bridgehead atoms. The minimum absolute atomic E-state index is 0.0521. The van der Waals surface area contributed by atoms with Crippen LogP contribution in [0.4, 0.5) is 5.69 Å². The molecule has 0 fully saturated rings. The molecule has 1 N–H and O–H groups in total. The van der Waals surface area contributed by atoms with Crippen LogP contribution in [-0.4, -0.2) is 18.2 Å². The van der Waals surface area contributed by atoms with E-state index in [1.165, 1.54) is 0 Å². The molecule has 0 radical (unpaired) electrons. The van der Waals surface area contributed by atoms with Gasteiger partial charge in [-0.1, -0.05) is 17.7 Å². The normalized spacial score (nSPS) is 9.88. The predicted octanol–water partition coefficient (Wildman–Crippen LogP) is 2.57. The van der Waals surface area contributed by atoms with E-state index in [0.717, 1.165) is 17.8 Å². The Bertz CT molecular complexity index is 387. The van der Waals surface area contributed by atoms with Gasteiger partial charge in [0, 0.05) is 23.8 Å². The van der Waals surface area contributed by atoms with Gasteiger partial charge in [0.05, 0.1) is 19.1 Å². The highest BCUT2D eigenvalue weighted by atomic mass is 35.5. The molecule has 0 aliphatic carbocycles. The van der Waals surface area contributed by atoms with Crippen molar-refractivity contribution < 1.29 is 5.11 Å². The second kappa shape index (κ2) is 6.37. The van der Waals surface area contributed by atoms with Gasteiger partial charge in [0.2, 0.25) is 0 Å². The molecule has 0 aliphatic rings. The van der Waals surface area contributed by atoms with Crippen molar-refractivity contribution in [3.63, 3.8) is 0 Å². The van der Waals surface area contributed by atoms with Crippen molar-refractivity contribution in [3.8, 4) is 6.07 Å². The second-order valence-corrected chi connectivity index (χ2v) is 3.83. The summed E-state index contributed by atoms with van der Waals surface area (Å²) in [5.41, 5.74) is 1.71. The summed E-state index contributed by atoms with van der Waals surface area (Å²) in [4.78, 5) is 2.08. The molecule has 1 aromatic carbocycles. The minimum atomic E-state index is -0.0521. The molecule has 0 atom stereocenters. The van der Waals surface area contributed by atoms with Crippen LogP contribution in [0.1, 0.15) is 18.9 Å². The molecule has 0 saturated carbocycles. The van der Waals surface area contributed by atoms with Crippen molar-refractivity contribution in [1.29, 1.82) is 5.26 Å². The Morgan fingerprint density at radius 3 is 2.75 bits per heavy atom. The van der Waals surface area contributed by atoms with Crippen molar-refractivity contribution in [3.05, 3.63) is 28.8 Å². The number of halogens is 1. The lowest BCUT2D eigenvalue weighted by Gasteiger charge is -2.22. The maximum absolute atomic E-state index is 9.01. The van der Waals surface area contributed by atoms with Gasteiger partial charge in [-0.05, 0) is 24.6 Å². The fourth-order valence-corrected chi connectivity index (χ4v) is 1.75. The van der Waals surface area contributed by atoms with Crippen LogP contribution >= 0.6 is 11.6 Å². The van der Waals surface area contributed by atoms with Crippen LogP contribution in [0.15, 0.2) is 18.2 Å². The fraction of sp³-hybridized carbons (Fsp3) is 0.417. The Hall–Kier alpha value is -1.24. The quantitative estimate of drug-likeness (QED) is 0.858. The van der Waals surface area contributed by atoms with E-state index in [2.05, 4.69) is 11.0 Å². The number of benzene rings is 1. The second-order valence-electron chi connectivity index (χ2n) is 3.42. The molecule has 0 aromatic heterocycles. The van der Waals surface area contributed by atoms with Gasteiger partial charge in [-0.3, -0.25) is 0 Å². The van der Waals surface area contributed by atoms with E-state index < -0.39 is 0 Å². The van der Waals surface area contributed by atoms with E-state index in [1.807, 2.05) is 25.1 Å². The summed E-state index contributed by atoms with van der Waals surface area (Å²) in [6.07, 6.45) is 0.493. The van der Waals surface area contributed by atoms with Crippen LogP contribution in [-0.2, 0) is 6.61 Å². The first kappa shape index (κ1) is 12.8. The van der Waals surface area contributed by atoms with Crippen LogP contribution in [0.25, 0.3) is 0 Å². The predicted molar refractivity (Wildman–Crippen MR) is 65.5 cm³/mol. The SMILES string of the molecule is CCN(CCC#N)c1ccc(CO)c(Cl)c1. The van der Waals surface area contributed by atoms with Crippen molar-refractivity contribution in [2.24, 2.45) is 0 Å². The molecule has 1 aromatic rings. The third kappa shape index (κ3) is 3.13. The standard InChI is InChI=1S/C12H15ClN2O/c1-2-15(7-3-6-14)11-5-4-10(9-16)12(13)8-11/h4-5,8,16H,2-3,7,9H2,1H3. The summed E-state index contributed by atoms with van der Waals surface area (Å²) in [5.74, 6) is 0. The number of aliphatic hydroxyl groups excluding tert-OH is 1. The van der Waals surface area contributed by atoms with E-state index in [1.54, 1.807) is 0 Å². The lowest BCUT2D eigenvalue weighted by Crippen LogP contribution is -2.23. The molecular formula is C12H15ClN2O. The first-order chi connectivity index (χ1) is 7.72. The zero-order chi connectivity index (χ0) is 12.0. The molecule has 0 unspecified atom stereocenters. The van der Waals surface area contributed by atoms with E-state index in [4.69, 9.17) is 22.0 Å². The topological polar surface area (TPSA) is 47.3 Å². The molecule has 0 amide bonds. The zero-order valence-corrected chi connectivity index (χ0v) is 10.0. The molecule has 0 heterocycles. The van der Waals surface area contributed by atoms with Crippen molar-refractivity contribution in [1.82, 2.24) is 0 Å². The smallest absolute Gasteiger partial charge is 0.0696 e. The van der Waals surface area contributed by atoms with Crippen LogP contribution in [0.2, 0.25) is 5.02 Å². The Labute approximate surface area is 101 Å². The van der Waals surface area contributed by atoms with Gasteiger partial charge < -0.3 is 10.0 Å². The molecule has 0 aliphatic heterocycles. The molecular weight excluding hydrogens is 224 g/mol. The number of nitrogens with zero attached hydrogens (tertiary/aromatic N) is 2. The average Bonchev–Trinajstić information content (AvgIpc) is 2.30. The van der Waals surface area contributed by atoms with Gasteiger partial charge in [0.25, 0.3) is 0 Å². The van der Waals surface area contributed by atoms with Gasteiger partial charge in [-0.2, -0.15) is 5.26 Å². The number of hydrogen-bond donors (Lipinski definition) is 1. The van der Waals surface area contributed by atoms with Gasteiger partial charge in [-0.25, -0.2) is 0 Å². The summed E-state index contributed by atoms with van der Waals surface area (Å²) in [6, 6.07) is 7.68. The summed E-state index contributed by atoms with van der Waals surface area (Å²) in [6.45, 7) is 3.51. The Balaban J connectivity index is 2.85. The monoisotopic (exact) mass is 238 g/mol. The lowest BCUT2D eigenvalue weighted by molar-refractivity contribution is 0.282. The molecule has 0 spiro atoms. The first-order valence-corrected chi connectivity index (χ1v) is 5.62. The minimum Gasteiger partial charge on any atom is -0.392 e. The van der Waals surface area contributed by atoms with Crippen molar-refractivity contribution in [2.75, 3.05) is 18.0 Å². The summed E-state index contributed by atoms with van der Waals surface area (Å²) in [5, 5.41) is 18.1. The number of rotatable bonds is 5. The number of hydrogen-bond acceptors (Lipinski definition) is 3. The van der Waals surface area contributed by atoms with E-state index in [-0.39, 0.29) is 6.61 Å². The highest BCUT2D eigenvalue weighted by Gasteiger charge is 2.06. The van der Waals surface area contributed by atoms with Crippen LogP contribution in [0, 0.1) is 11.3 Å². The number of anilines is 1. The molecule has 1 rings (SSSR count). The van der Waals surface area contributed by atoms with Crippen molar-refractivity contribution in [2.45, 2.75) is 20.0 Å². The van der Waals surface area contributed by atoms with Crippen LogP contribution in [0.5, 0.6) is 0 Å². The maximum atomic E-state index is 9.01. The Morgan fingerprint density at radius 1 is 1.50 bits per heavy atom. The zero-order valence-electron chi connectivity index (χ0n) is 9.28. The highest BCUT2D eigenvalue weighted by Crippen LogP contribution is 2.23. The summed E-state index contributed by atoms with van der Waals surface area (Å²) < 4.78 is 0. The molecule has 16 heavy (non-hydrogen) atoms. The van der Waals surface area contributed by atoms with E-state index in [9.17, 15) is 0 Å². The Morgan fingerprint density at radius 2 is 2.25 bits per heavy atom. The fourth-order valence-electron chi connectivity index (χ4n) is 1.52. The first-order valence-electron chi connectivity index (χ1n) is 5.24. The van der Waals surface area contributed by atoms with Crippen LogP contribution < -0.4 is 4.90 Å². The third-order valence-corrected chi connectivity index (χ3v) is 2.80. The van der Waals surface area contributed by atoms with Gasteiger partial charge >= 0.3 is 0 Å². The Kier molecular flexibility index (Phi) is 5.10. The average molecular weight is 239 g/mol. The summed E-state index contributed by atoms with van der Waals surface area (Å²) in [7, 11) is 0. The molecule has 86 valence electrons. The number of nitriles is 1. The summed E-state index contributed by atoms with van der Waals surface area (Å²) >= 11 is 6.01.